The Hall–Kier alpha value is -1.56. The normalized spacial score (nSPS) is 11.2. The van der Waals surface area contributed by atoms with Gasteiger partial charge in [0.05, 0.1) is 18.5 Å². The molecule has 1 N–H and O–H groups in total. The molecule has 0 atom stereocenters. The van der Waals surface area contributed by atoms with Gasteiger partial charge in [-0.15, -0.1) is 0 Å². The molecule has 0 aliphatic heterocycles. The fourth-order valence-corrected chi connectivity index (χ4v) is 3.15. The summed E-state index contributed by atoms with van der Waals surface area (Å²) in [6, 6.07) is 5.75. The standard InChI is InChI=1S/C14H22N2O3S/c1-5-13-8-6-7-11(2)14(13)16(20(4,18)19)10-9-15-12(3)17/h6-8H,5,9-10H2,1-4H3,(H,15,17). The molecule has 5 nitrogen and oxygen atoms in total. The number of sulfonamides is 1. The minimum Gasteiger partial charge on any atom is -0.355 e. The van der Waals surface area contributed by atoms with Crippen LogP contribution in [-0.4, -0.2) is 33.7 Å². The lowest BCUT2D eigenvalue weighted by molar-refractivity contribution is -0.118. The summed E-state index contributed by atoms with van der Waals surface area (Å²) in [5.41, 5.74) is 2.62. The molecule has 0 saturated heterocycles. The number of rotatable bonds is 6. The molecule has 0 aromatic heterocycles. The molecule has 1 amide bonds. The van der Waals surface area contributed by atoms with Crippen LogP contribution in [0.5, 0.6) is 0 Å². The van der Waals surface area contributed by atoms with E-state index >= 15 is 0 Å². The molecule has 0 aliphatic carbocycles. The fourth-order valence-electron chi connectivity index (χ4n) is 2.14. The van der Waals surface area contributed by atoms with Gasteiger partial charge in [0.1, 0.15) is 0 Å². The quantitative estimate of drug-likeness (QED) is 0.864. The summed E-state index contributed by atoms with van der Waals surface area (Å²) in [7, 11) is -3.39. The second-order valence-corrected chi connectivity index (χ2v) is 6.66. The molecule has 0 bridgehead atoms. The van der Waals surface area contributed by atoms with Crippen molar-refractivity contribution < 1.29 is 13.2 Å². The van der Waals surface area contributed by atoms with Gasteiger partial charge in [0.25, 0.3) is 0 Å². The van der Waals surface area contributed by atoms with Gasteiger partial charge in [0.2, 0.25) is 15.9 Å². The van der Waals surface area contributed by atoms with Gasteiger partial charge in [-0.05, 0) is 24.5 Å². The minimum absolute atomic E-state index is 0.168. The number of benzene rings is 1. The van der Waals surface area contributed by atoms with E-state index in [2.05, 4.69) is 5.32 Å². The molecule has 1 rings (SSSR count). The molecule has 1 aromatic rings. The first-order valence-electron chi connectivity index (χ1n) is 6.58. The number of carbonyl (C=O) groups excluding carboxylic acids is 1. The molecule has 0 aliphatic rings. The Balaban J connectivity index is 3.15. The molecule has 1 aromatic carbocycles. The molecular weight excluding hydrogens is 276 g/mol. The summed E-state index contributed by atoms with van der Waals surface area (Å²) in [6.07, 6.45) is 1.94. The van der Waals surface area contributed by atoms with Crippen LogP contribution in [0.2, 0.25) is 0 Å². The van der Waals surface area contributed by atoms with Gasteiger partial charge in [0.15, 0.2) is 0 Å². The number of aryl methyl sites for hydroxylation is 2. The third kappa shape index (κ3) is 4.23. The number of nitrogens with one attached hydrogen (secondary N) is 1. The lowest BCUT2D eigenvalue weighted by atomic mass is 10.1. The van der Waals surface area contributed by atoms with Crippen molar-refractivity contribution >= 4 is 21.6 Å². The van der Waals surface area contributed by atoms with Crippen molar-refractivity contribution in [3.63, 3.8) is 0 Å². The van der Waals surface area contributed by atoms with Crippen LogP contribution in [0.1, 0.15) is 25.0 Å². The summed E-state index contributed by atoms with van der Waals surface area (Å²) in [6.45, 7) is 5.82. The van der Waals surface area contributed by atoms with Gasteiger partial charge in [-0.2, -0.15) is 0 Å². The second kappa shape index (κ2) is 6.74. The number of nitrogens with zero attached hydrogens (tertiary/aromatic N) is 1. The summed E-state index contributed by atoms with van der Waals surface area (Å²) < 4.78 is 25.5. The van der Waals surface area contributed by atoms with Gasteiger partial charge in [-0.1, -0.05) is 25.1 Å². The zero-order valence-corrected chi connectivity index (χ0v) is 13.3. The van der Waals surface area contributed by atoms with Gasteiger partial charge >= 0.3 is 0 Å². The highest BCUT2D eigenvalue weighted by Crippen LogP contribution is 2.27. The lowest BCUT2D eigenvalue weighted by Crippen LogP contribution is -2.38. The summed E-state index contributed by atoms with van der Waals surface area (Å²) in [5, 5.41) is 2.63. The van der Waals surface area contributed by atoms with E-state index in [1.165, 1.54) is 17.5 Å². The number of hydrogen-bond acceptors (Lipinski definition) is 3. The van der Waals surface area contributed by atoms with E-state index in [1.54, 1.807) is 0 Å². The van der Waals surface area contributed by atoms with E-state index in [0.717, 1.165) is 23.2 Å². The average molecular weight is 298 g/mol. The Morgan fingerprint density at radius 3 is 2.50 bits per heavy atom. The van der Waals surface area contributed by atoms with Gasteiger partial charge in [-0.3, -0.25) is 9.10 Å². The summed E-state index contributed by atoms with van der Waals surface area (Å²) in [5.74, 6) is -0.168. The van der Waals surface area contributed by atoms with Gasteiger partial charge < -0.3 is 5.32 Å². The van der Waals surface area contributed by atoms with Gasteiger partial charge in [-0.25, -0.2) is 8.42 Å². The third-order valence-corrected chi connectivity index (χ3v) is 4.21. The topological polar surface area (TPSA) is 66.5 Å². The van der Waals surface area contributed by atoms with Crippen molar-refractivity contribution in [3.05, 3.63) is 29.3 Å². The first kappa shape index (κ1) is 16.5. The highest BCUT2D eigenvalue weighted by Gasteiger charge is 2.21. The highest BCUT2D eigenvalue weighted by atomic mass is 32.2. The van der Waals surface area contributed by atoms with Crippen LogP contribution in [0.15, 0.2) is 18.2 Å². The minimum atomic E-state index is -3.39. The average Bonchev–Trinajstić information content (AvgIpc) is 2.33. The molecule has 0 spiro atoms. The fraction of sp³-hybridized carbons (Fsp3) is 0.500. The SMILES string of the molecule is CCc1cccc(C)c1N(CCNC(C)=O)S(C)(=O)=O. The Bertz CT molecular complexity index is 582. The largest absolute Gasteiger partial charge is 0.355 e. The second-order valence-electron chi connectivity index (χ2n) is 4.75. The zero-order valence-electron chi connectivity index (χ0n) is 12.4. The lowest BCUT2D eigenvalue weighted by Gasteiger charge is -2.26. The number of anilines is 1. The van der Waals surface area contributed by atoms with E-state index in [-0.39, 0.29) is 12.5 Å². The molecule has 6 heteroatoms. The third-order valence-electron chi connectivity index (χ3n) is 3.04. The summed E-state index contributed by atoms with van der Waals surface area (Å²) in [4.78, 5) is 10.9. The number of hydrogen-bond donors (Lipinski definition) is 1. The van der Waals surface area contributed by atoms with Crippen LogP contribution in [0.4, 0.5) is 5.69 Å². The molecular formula is C14H22N2O3S. The van der Waals surface area contributed by atoms with Crippen molar-refractivity contribution in [3.8, 4) is 0 Å². The maximum absolute atomic E-state index is 12.0. The molecule has 0 unspecified atom stereocenters. The Kier molecular flexibility index (Phi) is 5.56. The maximum Gasteiger partial charge on any atom is 0.232 e. The molecule has 112 valence electrons. The van der Waals surface area contributed by atoms with E-state index < -0.39 is 10.0 Å². The molecule has 0 radical (unpaired) electrons. The Morgan fingerprint density at radius 2 is 2.00 bits per heavy atom. The Labute approximate surface area is 121 Å². The molecule has 0 heterocycles. The van der Waals surface area contributed by atoms with Crippen LogP contribution < -0.4 is 9.62 Å². The molecule has 20 heavy (non-hydrogen) atoms. The highest BCUT2D eigenvalue weighted by molar-refractivity contribution is 7.92. The van der Waals surface area contributed by atoms with Crippen molar-refractivity contribution in [2.75, 3.05) is 23.7 Å². The first-order chi connectivity index (χ1) is 9.27. The number of carbonyl (C=O) groups is 1. The summed E-state index contributed by atoms with van der Waals surface area (Å²) >= 11 is 0. The number of amides is 1. The van der Waals surface area contributed by atoms with Crippen molar-refractivity contribution in [2.45, 2.75) is 27.2 Å². The Morgan fingerprint density at radius 1 is 1.35 bits per heavy atom. The van der Waals surface area contributed by atoms with Crippen LogP contribution in [0.25, 0.3) is 0 Å². The van der Waals surface area contributed by atoms with Crippen LogP contribution >= 0.6 is 0 Å². The molecule has 0 fully saturated rings. The van der Waals surface area contributed by atoms with Gasteiger partial charge in [0, 0.05) is 13.5 Å². The zero-order chi connectivity index (χ0) is 15.3. The number of para-hydroxylation sites is 1. The van der Waals surface area contributed by atoms with E-state index in [9.17, 15) is 13.2 Å². The van der Waals surface area contributed by atoms with Crippen molar-refractivity contribution in [1.29, 1.82) is 0 Å². The van der Waals surface area contributed by atoms with E-state index in [0.29, 0.717) is 6.54 Å². The smallest absolute Gasteiger partial charge is 0.232 e. The van der Waals surface area contributed by atoms with Crippen LogP contribution in [0.3, 0.4) is 0 Å². The van der Waals surface area contributed by atoms with Crippen LogP contribution in [0, 0.1) is 6.92 Å². The van der Waals surface area contributed by atoms with E-state index in [1.807, 2.05) is 32.0 Å². The van der Waals surface area contributed by atoms with E-state index in [4.69, 9.17) is 0 Å². The van der Waals surface area contributed by atoms with Crippen molar-refractivity contribution in [2.24, 2.45) is 0 Å². The predicted octanol–water partition coefficient (Wildman–Crippen LogP) is 1.46. The molecule has 0 saturated carbocycles. The monoisotopic (exact) mass is 298 g/mol. The van der Waals surface area contributed by atoms with Crippen LogP contribution in [-0.2, 0) is 21.2 Å². The first-order valence-corrected chi connectivity index (χ1v) is 8.42. The maximum atomic E-state index is 12.0. The predicted molar refractivity (Wildman–Crippen MR) is 81.4 cm³/mol. The van der Waals surface area contributed by atoms with Crippen molar-refractivity contribution in [1.82, 2.24) is 5.32 Å².